The van der Waals surface area contributed by atoms with Crippen LogP contribution in [-0.2, 0) is 20.9 Å². The number of halogens is 2. The highest BCUT2D eigenvalue weighted by molar-refractivity contribution is 6.17. The van der Waals surface area contributed by atoms with Crippen LogP contribution >= 0.6 is 0 Å². The van der Waals surface area contributed by atoms with E-state index in [0.717, 1.165) is 11.1 Å². The van der Waals surface area contributed by atoms with Gasteiger partial charge in [0, 0.05) is 12.1 Å². The summed E-state index contributed by atoms with van der Waals surface area (Å²) in [4.78, 5) is 25.6. The van der Waals surface area contributed by atoms with Gasteiger partial charge in [-0.15, -0.1) is 0 Å². The van der Waals surface area contributed by atoms with Crippen LogP contribution in [0.3, 0.4) is 0 Å². The molecule has 0 spiro atoms. The summed E-state index contributed by atoms with van der Waals surface area (Å²) in [6.07, 6.45) is 1.10. The van der Waals surface area contributed by atoms with Gasteiger partial charge in [0.2, 0.25) is 5.82 Å². The zero-order valence-corrected chi connectivity index (χ0v) is 16.5. The summed E-state index contributed by atoms with van der Waals surface area (Å²) in [5.74, 6) is -5.66. The third kappa shape index (κ3) is 3.55. The molecular weight excluding hydrogens is 386 g/mol. The van der Waals surface area contributed by atoms with E-state index in [1.54, 1.807) is 11.9 Å². The highest BCUT2D eigenvalue weighted by Crippen LogP contribution is 2.42. The molecule has 0 bridgehead atoms. The molecule has 1 unspecified atom stereocenters. The van der Waals surface area contributed by atoms with Crippen molar-refractivity contribution in [3.8, 4) is 5.75 Å². The van der Waals surface area contributed by atoms with Crippen molar-refractivity contribution in [2.24, 2.45) is 5.92 Å². The van der Waals surface area contributed by atoms with Crippen molar-refractivity contribution in [3.05, 3.63) is 40.7 Å². The van der Waals surface area contributed by atoms with E-state index in [1.165, 1.54) is 6.07 Å². The van der Waals surface area contributed by atoms with Crippen LogP contribution in [0.25, 0.3) is 0 Å². The Morgan fingerprint density at radius 2 is 1.97 bits per heavy atom. The average Bonchev–Trinajstić information content (AvgIpc) is 3.06. The van der Waals surface area contributed by atoms with Crippen LogP contribution in [0.15, 0.2) is 23.5 Å². The van der Waals surface area contributed by atoms with Crippen molar-refractivity contribution < 1.29 is 33.3 Å². The lowest BCUT2D eigenvalue weighted by atomic mass is 9.91. The molecular formula is C20H24F2N2O5. The van der Waals surface area contributed by atoms with E-state index >= 15 is 0 Å². The maximum absolute atomic E-state index is 14.3. The molecule has 2 aliphatic heterocycles. The molecule has 2 aliphatic rings. The summed E-state index contributed by atoms with van der Waals surface area (Å²) in [6, 6.07) is 2.17. The van der Waals surface area contributed by atoms with Gasteiger partial charge in [-0.3, -0.25) is 9.80 Å². The Morgan fingerprint density at radius 3 is 2.62 bits per heavy atom. The summed E-state index contributed by atoms with van der Waals surface area (Å²) < 4.78 is 33.2. The Hall–Kier alpha value is -2.68. The number of rotatable bonds is 5. The lowest BCUT2D eigenvalue weighted by Gasteiger charge is -2.46. The highest BCUT2D eigenvalue weighted by atomic mass is 19.2. The highest BCUT2D eigenvalue weighted by Gasteiger charge is 2.53. The Morgan fingerprint density at radius 1 is 1.28 bits per heavy atom. The van der Waals surface area contributed by atoms with Crippen LogP contribution in [0.5, 0.6) is 5.75 Å². The maximum Gasteiger partial charge on any atom is 0.347 e. The number of hydrogen-bond acceptors (Lipinski definition) is 6. The van der Waals surface area contributed by atoms with Gasteiger partial charge >= 0.3 is 5.97 Å². The van der Waals surface area contributed by atoms with Crippen LogP contribution < -0.4 is 0 Å². The molecule has 0 saturated carbocycles. The molecule has 158 valence electrons. The lowest BCUT2D eigenvalue weighted by Crippen LogP contribution is -2.60. The van der Waals surface area contributed by atoms with E-state index in [9.17, 15) is 28.6 Å². The van der Waals surface area contributed by atoms with E-state index in [2.05, 4.69) is 0 Å². The molecule has 1 atom stereocenters. The van der Waals surface area contributed by atoms with E-state index in [-0.39, 0.29) is 30.4 Å². The monoisotopic (exact) mass is 410 g/mol. The fourth-order valence-corrected chi connectivity index (χ4v) is 3.70. The molecule has 1 saturated heterocycles. The largest absolute Gasteiger partial charge is 0.509 e. The van der Waals surface area contributed by atoms with Crippen molar-refractivity contribution in [3.63, 3.8) is 0 Å². The van der Waals surface area contributed by atoms with Crippen LogP contribution in [0.4, 0.5) is 8.78 Å². The van der Waals surface area contributed by atoms with E-state index in [0.29, 0.717) is 19.4 Å². The number of phenols is 1. The first-order valence-corrected chi connectivity index (χ1v) is 9.44. The van der Waals surface area contributed by atoms with Crippen molar-refractivity contribution in [2.45, 2.75) is 45.7 Å². The van der Waals surface area contributed by atoms with Gasteiger partial charge < -0.3 is 14.9 Å². The van der Waals surface area contributed by atoms with Crippen molar-refractivity contribution in [1.29, 1.82) is 0 Å². The predicted molar refractivity (Wildman–Crippen MR) is 98.4 cm³/mol. The normalized spacial score (nSPS) is 22.4. The quantitative estimate of drug-likeness (QED) is 0.573. The average molecular weight is 410 g/mol. The van der Waals surface area contributed by atoms with Gasteiger partial charge in [-0.25, -0.2) is 14.2 Å². The third-order valence-corrected chi connectivity index (χ3v) is 5.30. The number of nitrogens with zero attached hydrogens (tertiary/aromatic N) is 2. The number of amides is 1. The minimum atomic E-state index is -1.41. The number of phenolic OH excluding ortho intramolecular Hbond substituents is 1. The third-order valence-electron chi connectivity index (χ3n) is 5.30. The number of hydrogen-bond donors (Lipinski definition) is 2. The second-order valence-electron chi connectivity index (χ2n) is 7.95. The molecule has 0 aliphatic carbocycles. The van der Waals surface area contributed by atoms with Gasteiger partial charge in [-0.2, -0.15) is 4.39 Å². The molecule has 2 N–H and O–H groups in total. The Labute approximate surface area is 167 Å². The summed E-state index contributed by atoms with van der Waals surface area (Å²) in [6.45, 7) is 5.44. The van der Waals surface area contributed by atoms with Crippen LogP contribution in [-0.4, -0.2) is 50.8 Å². The van der Waals surface area contributed by atoms with Gasteiger partial charge in [0.1, 0.15) is 5.76 Å². The van der Waals surface area contributed by atoms with Crippen molar-refractivity contribution in [2.75, 3.05) is 13.2 Å². The number of fused-ring (bicyclic) bond motifs is 1. The molecule has 2 heterocycles. The molecule has 1 amide bonds. The van der Waals surface area contributed by atoms with Crippen LogP contribution in [0.2, 0.25) is 0 Å². The van der Waals surface area contributed by atoms with Crippen LogP contribution in [0.1, 0.15) is 39.2 Å². The molecule has 1 aromatic carbocycles. The number of aliphatic hydroxyl groups is 1. The molecule has 9 heteroatoms. The Kier molecular flexibility index (Phi) is 5.53. The number of aliphatic hydroxyl groups excluding tert-OH is 1. The Balaban J connectivity index is 1.99. The first kappa shape index (κ1) is 21.0. The van der Waals surface area contributed by atoms with Gasteiger partial charge in [0.05, 0.1) is 18.7 Å². The number of carbonyl (C=O) groups excluding carboxylic acids is 2. The SMILES string of the molecule is CC(C)COC(=O)C1=C(O)C2(C)CCCN2N(Cc2ccc(O)c(F)c2F)C1=O. The summed E-state index contributed by atoms with van der Waals surface area (Å²) in [5.41, 5.74) is -1.70. The Bertz CT molecular complexity index is 886. The van der Waals surface area contributed by atoms with Gasteiger partial charge in [0.25, 0.3) is 5.91 Å². The standard InChI is InChI=1S/C20H24F2N2O5/c1-11(2)10-29-19(28)14-17(26)20(3)7-4-8-24(20)23(18(14)27)9-12-5-6-13(25)16(22)15(12)21/h5-6,11,25-26H,4,7-10H2,1-3H3. The number of benzene rings is 1. The zero-order chi connectivity index (χ0) is 21.5. The summed E-state index contributed by atoms with van der Waals surface area (Å²) in [5, 5.41) is 22.8. The molecule has 0 radical (unpaired) electrons. The fourth-order valence-electron chi connectivity index (χ4n) is 3.70. The summed E-state index contributed by atoms with van der Waals surface area (Å²) >= 11 is 0. The van der Waals surface area contributed by atoms with Crippen molar-refractivity contribution in [1.82, 2.24) is 10.0 Å². The zero-order valence-electron chi connectivity index (χ0n) is 16.5. The van der Waals surface area contributed by atoms with E-state index < -0.39 is 40.4 Å². The van der Waals surface area contributed by atoms with E-state index in [1.807, 2.05) is 13.8 Å². The summed E-state index contributed by atoms with van der Waals surface area (Å²) in [7, 11) is 0. The van der Waals surface area contributed by atoms with Gasteiger partial charge in [-0.1, -0.05) is 19.9 Å². The first-order valence-electron chi connectivity index (χ1n) is 9.44. The topological polar surface area (TPSA) is 90.3 Å². The smallest absolute Gasteiger partial charge is 0.347 e. The maximum atomic E-state index is 14.3. The minimum absolute atomic E-state index is 0.0316. The predicted octanol–water partition coefficient (Wildman–Crippen LogP) is 2.79. The molecule has 0 aromatic heterocycles. The van der Waals surface area contributed by atoms with Gasteiger partial charge in [-0.05, 0) is 31.7 Å². The second-order valence-corrected chi connectivity index (χ2v) is 7.95. The lowest BCUT2D eigenvalue weighted by molar-refractivity contribution is -0.164. The molecule has 3 rings (SSSR count). The first-order chi connectivity index (χ1) is 13.6. The fraction of sp³-hybridized carbons (Fsp3) is 0.500. The minimum Gasteiger partial charge on any atom is -0.509 e. The molecule has 7 nitrogen and oxygen atoms in total. The van der Waals surface area contributed by atoms with Crippen molar-refractivity contribution >= 4 is 11.9 Å². The van der Waals surface area contributed by atoms with E-state index in [4.69, 9.17) is 4.74 Å². The number of hydrazine groups is 1. The molecule has 1 fully saturated rings. The molecule has 1 aromatic rings. The number of esters is 1. The van der Waals surface area contributed by atoms with Crippen LogP contribution in [0, 0.1) is 17.6 Å². The number of carbonyl (C=O) groups is 2. The van der Waals surface area contributed by atoms with Gasteiger partial charge in [0.15, 0.2) is 17.1 Å². The number of ether oxygens (including phenoxy) is 1. The second kappa shape index (κ2) is 7.62. The molecule has 29 heavy (non-hydrogen) atoms. The number of aromatic hydroxyl groups is 1.